The Morgan fingerprint density at radius 3 is 2.15 bits per heavy atom. The van der Waals surface area contributed by atoms with Crippen molar-refractivity contribution in [3.05, 3.63) is 54.1 Å². The monoisotopic (exact) mass is 349 g/mol. The molecule has 6 nitrogen and oxygen atoms in total. The number of nitriles is 1. The number of nitrogens with zero attached hydrogens (tertiary/aromatic N) is 1. The van der Waals surface area contributed by atoms with Crippen molar-refractivity contribution in [2.24, 2.45) is 5.92 Å². The number of rotatable bonds is 6. The summed E-state index contributed by atoms with van der Waals surface area (Å²) in [5.41, 5.74) is 1.86. The fourth-order valence-electron chi connectivity index (χ4n) is 2.34. The molecule has 0 saturated heterocycles. The van der Waals surface area contributed by atoms with E-state index in [1.54, 1.807) is 55.5 Å². The third-order valence-electron chi connectivity index (χ3n) is 4.03. The second-order valence-corrected chi connectivity index (χ2v) is 6.23. The van der Waals surface area contributed by atoms with Crippen LogP contribution in [-0.2, 0) is 9.59 Å². The van der Waals surface area contributed by atoms with Gasteiger partial charge in [0.2, 0.25) is 5.91 Å². The number of benzene rings is 2. The molecule has 2 aromatic rings. The predicted molar refractivity (Wildman–Crippen MR) is 97.7 cm³/mol. The number of amides is 2. The molecule has 0 spiro atoms. The maximum atomic E-state index is 12.2. The van der Waals surface area contributed by atoms with Crippen molar-refractivity contribution in [2.45, 2.75) is 25.9 Å². The third kappa shape index (κ3) is 4.61. The van der Waals surface area contributed by atoms with Crippen LogP contribution < -0.4 is 15.4 Å². The molecule has 1 fully saturated rings. The fraction of sp³-hybridized carbons (Fsp3) is 0.250. The van der Waals surface area contributed by atoms with Crippen LogP contribution in [0.15, 0.2) is 48.5 Å². The molecule has 0 radical (unpaired) electrons. The SMILES string of the molecule is C[C@@H](Oc1ccc(C#N)cc1)C(=O)Nc1ccc(NC(=O)C2CC2)cc1. The van der Waals surface area contributed by atoms with Crippen LogP contribution in [0.2, 0.25) is 0 Å². The van der Waals surface area contributed by atoms with Gasteiger partial charge in [-0.3, -0.25) is 9.59 Å². The van der Waals surface area contributed by atoms with Gasteiger partial charge in [0, 0.05) is 17.3 Å². The highest BCUT2D eigenvalue weighted by atomic mass is 16.5. The Hall–Kier alpha value is -3.33. The predicted octanol–water partition coefficient (Wildman–Crippen LogP) is 3.31. The zero-order chi connectivity index (χ0) is 18.5. The first-order valence-corrected chi connectivity index (χ1v) is 8.44. The Balaban J connectivity index is 1.52. The van der Waals surface area contributed by atoms with Gasteiger partial charge >= 0.3 is 0 Å². The molecule has 1 atom stereocenters. The first-order valence-electron chi connectivity index (χ1n) is 8.44. The van der Waals surface area contributed by atoms with E-state index in [4.69, 9.17) is 10.00 Å². The Morgan fingerprint density at radius 1 is 1.04 bits per heavy atom. The van der Waals surface area contributed by atoms with E-state index in [9.17, 15) is 9.59 Å². The van der Waals surface area contributed by atoms with Gasteiger partial charge in [-0.1, -0.05) is 0 Å². The van der Waals surface area contributed by atoms with Crippen molar-refractivity contribution >= 4 is 23.2 Å². The molecular weight excluding hydrogens is 330 g/mol. The van der Waals surface area contributed by atoms with Crippen LogP contribution >= 0.6 is 0 Å². The van der Waals surface area contributed by atoms with Crippen LogP contribution in [0.5, 0.6) is 5.75 Å². The maximum Gasteiger partial charge on any atom is 0.265 e. The van der Waals surface area contributed by atoms with E-state index in [1.807, 2.05) is 6.07 Å². The van der Waals surface area contributed by atoms with Gasteiger partial charge in [0.05, 0.1) is 11.6 Å². The lowest BCUT2D eigenvalue weighted by Gasteiger charge is -2.15. The van der Waals surface area contributed by atoms with E-state index in [2.05, 4.69) is 10.6 Å². The van der Waals surface area contributed by atoms with E-state index < -0.39 is 6.10 Å². The van der Waals surface area contributed by atoms with E-state index in [-0.39, 0.29) is 17.7 Å². The van der Waals surface area contributed by atoms with Crippen LogP contribution in [0, 0.1) is 17.2 Å². The zero-order valence-corrected chi connectivity index (χ0v) is 14.4. The molecule has 0 unspecified atom stereocenters. The Kier molecular flexibility index (Phi) is 5.18. The maximum absolute atomic E-state index is 12.2. The van der Waals surface area contributed by atoms with Crippen molar-refractivity contribution in [3.63, 3.8) is 0 Å². The van der Waals surface area contributed by atoms with E-state index in [0.717, 1.165) is 12.8 Å². The molecule has 2 aromatic carbocycles. The van der Waals surface area contributed by atoms with Gasteiger partial charge in [0.15, 0.2) is 6.10 Å². The fourth-order valence-corrected chi connectivity index (χ4v) is 2.34. The van der Waals surface area contributed by atoms with Crippen LogP contribution in [0.3, 0.4) is 0 Å². The molecule has 0 heterocycles. The van der Waals surface area contributed by atoms with E-state index >= 15 is 0 Å². The molecule has 2 amide bonds. The van der Waals surface area contributed by atoms with E-state index in [0.29, 0.717) is 22.7 Å². The Bertz CT molecular complexity index is 834. The van der Waals surface area contributed by atoms with Crippen LogP contribution in [0.4, 0.5) is 11.4 Å². The molecule has 1 aliphatic rings. The number of hydrogen-bond acceptors (Lipinski definition) is 4. The number of anilines is 2. The van der Waals surface area contributed by atoms with E-state index in [1.165, 1.54) is 0 Å². The van der Waals surface area contributed by atoms with Gasteiger partial charge in [-0.2, -0.15) is 5.26 Å². The number of carbonyl (C=O) groups excluding carboxylic acids is 2. The summed E-state index contributed by atoms with van der Waals surface area (Å²) in [4.78, 5) is 24.0. The standard InChI is InChI=1S/C20H19N3O3/c1-13(26-18-10-2-14(12-21)3-11-18)19(24)22-16-6-8-17(9-7-16)23-20(25)15-4-5-15/h2-3,6-11,13,15H,4-5H2,1H3,(H,22,24)(H,23,25)/t13-/m1/s1. The van der Waals surface area contributed by atoms with Gasteiger partial charge in [0.1, 0.15) is 5.75 Å². The first kappa shape index (κ1) is 17.5. The molecule has 1 saturated carbocycles. The van der Waals surface area contributed by atoms with Gasteiger partial charge in [-0.25, -0.2) is 0 Å². The van der Waals surface area contributed by atoms with Gasteiger partial charge in [-0.15, -0.1) is 0 Å². The summed E-state index contributed by atoms with van der Waals surface area (Å²) in [5, 5.41) is 14.4. The average Bonchev–Trinajstić information content (AvgIpc) is 3.49. The minimum Gasteiger partial charge on any atom is -0.481 e. The zero-order valence-electron chi connectivity index (χ0n) is 14.4. The number of ether oxygens (including phenoxy) is 1. The molecule has 0 bridgehead atoms. The molecule has 0 aromatic heterocycles. The molecule has 26 heavy (non-hydrogen) atoms. The highest BCUT2D eigenvalue weighted by molar-refractivity contribution is 5.96. The summed E-state index contributed by atoms with van der Waals surface area (Å²) < 4.78 is 5.58. The molecule has 2 N–H and O–H groups in total. The number of hydrogen-bond donors (Lipinski definition) is 2. The summed E-state index contributed by atoms with van der Waals surface area (Å²) in [7, 11) is 0. The highest BCUT2D eigenvalue weighted by Gasteiger charge is 2.29. The quantitative estimate of drug-likeness (QED) is 0.837. The molecular formula is C20H19N3O3. The van der Waals surface area contributed by atoms with Gasteiger partial charge in [0.25, 0.3) is 5.91 Å². The topological polar surface area (TPSA) is 91.2 Å². The van der Waals surface area contributed by atoms with Crippen LogP contribution in [0.25, 0.3) is 0 Å². The molecule has 0 aliphatic heterocycles. The van der Waals surface area contributed by atoms with Crippen molar-refractivity contribution in [3.8, 4) is 11.8 Å². The van der Waals surface area contributed by atoms with Crippen LogP contribution in [0.1, 0.15) is 25.3 Å². The van der Waals surface area contributed by atoms with Crippen molar-refractivity contribution < 1.29 is 14.3 Å². The summed E-state index contributed by atoms with van der Waals surface area (Å²) in [6, 6.07) is 15.6. The van der Waals surface area contributed by atoms with Crippen molar-refractivity contribution in [1.29, 1.82) is 5.26 Å². The summed E-state index contributed by atoms with van der Waals surface area (Å²) in [5.74, 6) is 0.426. The summed E-state index contributed by atoms with van der Waals surface area (Å²) in [6.07, 6.45) is 1.21. The summed E-state index contributed by atoms with van der Waals surface area (Å²) >= 11 is 0. The van der Waals surface area contributed by atoms with Crippen molar-refractivity contribution in [2.75, 3.05) is 10.6 Å². The first-order chi connectivity index (χ1) is 12.5. The minimum atomic E-state index is -0.697. The lowest BCUT2D eigenvalue weighted by Crippen LogP contribution is -2.30. The van der Waals surface area contributed by atoms with Crippen molar-refractivity contribution in [1.82, 2.24) is 0 Å². The second kappa shape index (κ2) is 7.70. The largest absolute Gasteiger partial charge is 0.481 e. The molecule has 132 valence electrons. The molecule has 1 aliphatic carbocycles. The van der Waals surface area contributed by atoms with Gasteiger partial charge in [-0.05, 0) is 68.3 Å². The second-order valence-electron chi connectivity index (χ2n) is 6.23. The Morgan fingerprint density at radius 2 is 1.62 bits per heavy atom. The third-order valence-corrected chi connectivity index (χ3v) is 4.03. The minimum absolute atomic E-state index is 0.0474. The Labute approximate surface area is 151 Å². The molecule has 6 heteroatoms. The van der Waals surface area contributed by atoms with Gasteiger partial charge < -0.3 is 15.4 Å². The lowest BCUT2D eigenvalue weighted by atomic mass is 10.2. The average molecular weight is 349 g/mol. The smallest absolute Gasteiger partial charge is 0.265 e. The highest BCUT2D eigenvalue weighted by Crippen LogP contribution is 2.30. The lowest BCUT2D eigenvalue weighted by molar-refractivity contribution is -0.122. The number of nitrogens with one attached hydrogen (secondary N) is 2. The normalized spacial score (nSPS) is 14.0. The summed E-state index contributed by atoms with van der Waals surface area (Å²) in [6.45, 7) is 1.65. The van der Waals surface area contributed by atoms with Crippen LogP contribution in [-0.4, -0.2) is 17.9 Å². The number of carbonyl (C=O) groups is 2. The molecule has 3 rings (SSSR count).